The van der Waals surface area contributed by atoms with E-state index < -0.39 is 4.92 Å². The van der Waals surface area contributed by atoms with Gasteiger partial charge in [0.05, 0.1) is 4.92 Å². The Bertz CT molecular complexity index is 543. The van der Waals surface area contributed by atoms with Crippen LogP contribution in [0.2, 0.25) is 5.02 Å². The summed E-state index contributed by atoms with van der Waals surface area (Å²) in [6, 6.07) is 8.49. The Morgan fingerprint density at radius 1 is 1.33 bits per heavy atom. The maximum Gasteiger partial charge on any atom is 0.269 e. The molecule has 94 valence electrons. The van der Waals surface area contributed by atoms with Crippen LogP contribution in [0.4, 0.5) is 5.69 Å². The van der Waals surface area contributed by atoms with Gasteiger partial charge in [0.2, 0.25) is 0 Å². The summed E-state index contributed by atoms with van der Waals surface area (Å²) in [7, 11) is 0. The summed E-state index contributed by atoms with van der Waals surface area (Å²) < 4.78 is 0. The maximum atomic E-state index is 10.7. The van der Waals surface area contributed by atoms with Crippen LogP contribution in [0.5, 0.6) is 0 Å². The molecule has 0 atom stereocenters. The lowest BCUT2D eigenvalue weighted by atomic mass is 10.2. The Labute approximate surface area is 113 Å². The molecule has 2 aromatic rings. The van der Waals surface area contributed by atoms with E-state index in [4.69, 9.17) is 11.6 Å². The molecule has 0 bridgehead atoms. The molecule has 0 radical (unpaired) electrons. The predicted octanol–water partition coefficient (Wildman–Crippen LogP) is 3.60. The van der Waals surface area contributed by atoms with E-state index in [1.807, 2.05) is 17.5 Å². The molecular weight excluding hydrogens is 272 g/mol. The molecule has 0 amide bonds. The molecule has 18 heavy (non-hydrogen) atoms. The molecule has 6 heteroatoms. The lowest BCUT2D eigenvalue weighted by molar-refractivity contribution is -0.384. The van der Waals surface area contributed by atoms with E-state index in [2.05, 4.69) is 5.32 Å². The van der Waals surface area contributed by atoms with E-state index >= 15 is 0 Å². The lowest BCUT2D eigenvalue weighted by Crippen LogP contribution is -2.12. The molecule has 4 nitrogen and oxygen atoms in total. The number of nitrogens with zero attached hydrogens (tertiary/aromatic N) is 1. The van der Waals surface area contributed by atoms with Gasteiger partial charge < -0.3 is 5.32 Å². The monoisotopic (exact) mass is 282 g/mol. The first kappa shape index (κ1) is 13.0. The van der Waals surface area contributed by atoms with E-state index in [0.717, 1.165) is 12.1 Å². The van der Waals surface area contributed by atoms with Crippen LogP contribution in [0.3, 0.4) is 0 Å². The van der Waals surface area contributed by atoms with Gasteiger partial charge in [-0.15, -0.1) is 11.3 Å². The lowest BCUT2D eigenvalue weighted by Gasteiger charge is -2.05. The van der Waals surface area contributed by atoms with Gasteiger partial charge in [-0.1, -0.05) is 17.7 Å². The van der Waals surface area contributed by atoms with E-state index in [1.165, 1.54) is 17.0 Å². The Hall–Kier alpha value is -1.43. The van der Waals surface area contributed by atoms with Crippen molar-refractivity contribution in [1.29, 1.82) is 0 Å². The fourth-order valence-corrected chi connectivity index (χ4v) is 2.40. The first-order valence-corrected chi connectivity index (χ1v) is 6.58. The largest absolute Gasteiger partial charge is 0.308 e. The minimum Gasteiger partial charge on any atom is -0.308 e. The molecule has 0 aliphatic rings. The van der Waals surface area contributed by atoms with E-state index in [9.17, 15) is 10.1 Å². The highest BCUT2D eigenvalue weighted by Crippen LogP contribution is 2.22. The Morgan fingerprint density at radius 3 is 2.83 bits per heavy atom. The number of nitro groups is 1. The summed E-state index contributed by atoms with van der Waals surface area (Å²) in [6.45, 7) is 1.25. The molecule has 0 fully saturated rings. The Balaban J connectivity index is 2.00. The third-order valence-electron chi connectivity index (χ3n) is 2.43. The number of benzene rings is 1. The number of halogens is 1. The van der Waals surface area contributed by atoms with Crippen LogP contribution in [0.15, 0.2) is 35.7 Å². The van der Waals surface area contributed by atoms with E-state index in [-0.39, 0.29) is 5.69 Å². The van der Waals surface area contributed by atoms with Crippen molar-refractivity contribution >= 4 is 28.6 Å². The zero-order valence-corrected chi connectivity index (χ0v) is 11.0. The molecule has 0 saturated carbocycles. The van der Waals surface area contributed by atoms with Crippen LogP contribution < -0.4 is 5.32 Å². The third-order valence-corrected chi connectivity index (χ3v) is 3.68. The normalized spacial score (nSPS) is 10.5. The summed E-state index contributed by atoms with van der Waals surface area (Å²) in [6.07, 6.45) is 0. The average Bonchev–Trinajstić information content (AvgIpc) is 2.84. The summed E-state index contributed by atoms with van der Waals surface area (Å²) in [5.41, 5.74) is 0.801. The molecule has 0 spiro atoms. The molecule has 0 unspecified atom stereocenters. The maximum absolute atomic E-state index is 10.7. The molecule has 1 heterocycles. The van der Waals surface area contributed by atoms with Crippen molar-refractivity contribution in [2.75, 3.05) is 0 Å². The second-order valence-electron chi connectivity index (χ2n) is 3.72. The first-order chi connectivity index (χ1) is 8.66. The second kappa shape index (κ2) is 5.95. The van der Waals surface area contributed by atoms with Crippen molar-refractivity contribution < 1.29 is 4.92 Å². The van der Waals surface area contributed by atoms with Gasteiger partial charge in [0.25, 0.3) is 5.69 Å². The van der Waals surface area contributed by atoms with Crippen molar-refractivity contribution in [3.05, 3.63) is 61.3 Å². The molecular formula is C12H11ClN2O2S. The molecule has 2 rings (SSSR count). The van der Waals surface area contributed by atoms with Crippen LogP contribution in [0, 0.1) is 10.1 Å². The van der Waals surface area contributed by atoms with Crippen LogP contribution in [-0.4, -0.2) is 4.92 Å². The van der Waals surface area contributed by atoms with Gasteiger partial charge in [0, 0.05) is 35.1 Å². The van der Waals surface area contributed by atoms with Gasteiger partial charge >= 0.3 is 0 Å². The number of hydrogen-bond acceptors (Lipinski definition) is 4. The average molecular weight is 283 g/mol. The van der Waals surface area contributed by atoms with Crippen LogP contribution in [0.25, 0.3) is 0 Å². The van der Waals surface area contributed by atoms with Crippen LogP contribution in [-0.2, 0) is 13.1 Å². The van der Waals surface area contributed by atoms with Gasteiger partial charge in [-0.3, -0.25) is 10.1 Å². The number of nitro benzene ring substituents is 1. The summed E-state index contributed by atoms with van der Waals surface area (Å²) in [4.78, 5) is 11.5. The zero-order chi connectivity index (χ0) is 13.0. The van der Waals surface area contributed by atoms with Crippen molar-refractivity contribution in [2.24, 2.45) is 0 Å². The molecule has 0 aliphatic heterocycles. The van der Waals surface area contributed by atoms with Crippen molar-refractivity contribution in [1.82, 2.24) is 5.32 Å². The predicted molar refractivity (Wildman–Crippen MR) is 73.0 cm³/mol. The highest BCUT2D eigenvalue weighted by Gasteiger charge is 2.09. The van der Waals surface area contributed by atoms with Crippen LogP contribution >= 0.6 is 22.9 Å². The van der Waals surface area contributed by atoms with Gasteiger partial charge in [-0.2, -0.15) is 0 Å². The van der Waals surface area contributed by atoms with Crippen LogP contribution in [0.1, 0.15) is 10.4 Å². The highest BCUT2D eigenvalue weighted by atomic mass is 35.5. The standard InChI is InChI=1S/C12H11ClN2O2S/c13-12-4-3-10(15(16)17)6-9(12)7-14-8-11-2-1-5-18-11/h1-6,14H,7-8H2. The fourth-order valence-electron chi connectivity index (χ4n) is 1.54. The number of hydrogen-bond donors (Lipinski definition) is 1. The third kappa shape index (κ3) is 3.29. The van der Waals surface area contributed by atoms with Gasteiger partial charge in [0.1, 0.15) is 0 Å². The molecule has 0 saturated heterocycles. The molecule has 1 N–H and O–H groups in total. The SMILES string of the molecule is O=[N+]([O-])c1ccc(Cl)c(CNCc2cccs2)c1. The molecule has 1 aromatic carbocycles. The summed E-state index contributed by atoms with van der Waals surface area (Å²) in [5, 5.41) is 16.4. The minimum absolute atomic E-state index is 0.0623. The van der Waals surface area contributed by atoms with Crippen molar-refractivity contribution in [3.8, 4) is 0 Å². The topological polar surface area (TPSA) is 55.2 Å². The fraction of sp³-hybridized carbons (Fsp3) is 0.167. The van der Waals surface area contributed by atoms with Gasteiger partial charge in [-0.05, 0) is 23.1 Å². The summed E-state index contributed by atoms with van der Waals surface area (Å²) >= 11 is 7.67. The smallest absolute Gasteiger partial charge is 0.269 e. The first-order valence-electron chi connectivity index (χ1n) is 5.33. The van der Waals surface area contributed by atoms with Crippen molar-refractivity contribution in [3.63, 3.8) is 0 Å². The van der Waals surface area contributed by atoms with Crippen molar-refractivity contribution in [2.45, 2.75) is 13.1 Å². The Morgan fingerprint density at radius 2 is 2.17 bits per heavy atom. The van der Waals surface area contributed by atoms with E-state index in [0.29, 0.717) is 11.6 Å². The van der Waals surface area contributed by atoms with Gasteiger partial charge in [-0.25, -0.2) is 0 Å². The second-order valence-corrected chi connectivity index (χ2v) is 5.16. The zero-order valence-electron chi connectivity index (χ0n) is 9.43. The number of non-ortho nitro benzene ring substituents is 1. The van der Waals surface area contributed by atoms with Gasteiger partial charge in [0.15, 0.2) is 0 Å². The quantitative estimate of drug-likeness (QED) is 0.673. The molecule has 0 aliphatic carbocycles. The summed E-state index contributed by atoms with van der Waals surface area (Å²) in [5.74, 6) is 0. The Kier molecular flexibility index (Phi) is 4.30. The number of rotatable bonds is 5. The van der Waals surface area contributed by atoms with E-state index in [1.54, 1.807) is 17.4 Å². The number of nitrogens with one attached hydrogen (secondary N) is 1. The highest BCUT2D eigenvalue weighted by molar-refractivity contribution is 7.09. The minimum atomic E-state index is -0.418. The number of thiophene rings is 1. The molecule has 1 aromatic heterocycles.